The fourth-order valence-electron chi connectivity index (χ4n) is 1.44. The van der Waals surface area contributed by atoms with Gasteiger partial charge in [-0.25, -0.2) is 0 Å². The van der Waals surface area contributed by atoms with Crippen molar-refractivity contribution in [2.45, 2.75) is 19.8 Å². The Labute approximate surface area is 90.0 Å². The predicted molar refractivity (Wildman–Crippen MR) is 60.1 cm³/mol. The van der Waals surface area contributed by atoms with Crippen molar-refractivity contribution in [2.75, 3.05) is 13.7 Å². The second kappa shape index (κ2) is 5.23. The molecule has 3 heteroatoms. The molecule has 0 aliphatic heterocycles. The number of benzene rings is 1. The first kappa shape index (κ1) is 11.3. The van der Waals surface area contributed by atoms with Crippen LogP contribution in [0.15, 0.2) is 12.1 Å². The van der Waals surface area contributed by atoms with Gasteiger partial charge < -0.3 is 10.5 Å². The summed E-state index contributed by atoms with van der Waals surface area (Å²) in [5.41, 5.74) is 7.64. The van der Waals surface area contributed by atoms with Crippen LogP contribution in [0.5, 0.6) is 5.75 Å². The maximum absolute atomic E-state index is 6.13. The molecule has 2 nitrogen and oxygen atoms in total. The summed E-state index contributed by atoms with van der Waals surface area (Å²) in [6.45, 7) is 2.68. The first-order chi connectivity index (χ1) is 6.69. The van der Waals surface area contributed by atoms with Gasteiger partial charge >= 0.3 is 0 Å². The normalized spacial score (nSPS) is 10.3. The highest BCUT2D eigenvalue weighted by atomic mass is 35.5. The molecule has 0 radical (unpaired) electrons. The van der Waals surface area contributed by atoms with E-state index in [-0.39, 0.29) is 0 Å². The zero-order valence-corrected chi connectivity index (χ0v) is 9.40. The molecule has 2 N–H and O–H groups in total. The average molecular weight is 214 g/mol. The Morgan fingerprint density at radius 3 is 2.71 bits per heavy atom. The highest BCUT2D eigenvalue weighted by Crippen LogP contribution is 2.29. The molecular formula is C11H16ClNO. The van der Waals surface area contributed by atoms with Crippen molar-refractivity contribution in [3.8, 4) is 5.75 Å². The Bertz CT molecular complexity index is 312. The number of halogens is 1. The molecule has 0 aromatic heterocycles. The second-order valence-corrected chi connectivity index (χ2v) is 3.73. The molecule has 0 spiro atoms. The molecule has 0 saturated carbocycles. The summed E-state index contributed by atoms with van der Waals surface area (Å²) in [7, 11) is 1.66. The lowest BCUT2D eigenvalue weighted by Crippen LogP contribution is -2.02. The highest BCUT2D eigenvalue weighted by molar-refractivity contribution is 6.31. The number of aryl methyl sites for hydroxylation is 1. The highest BCUT2D eigenvalue weighted by Gasteiger charge is 2.08. The van der Waals surface area contributed by atoms with Crippen molar-refractivity contribution in [1.29, 1.82) is 0 Å². The number of nitrogens with two attached hydrogens (primary N) is 1. The van der Waals surface area contributed by atoms with E-state index in [1.54, 1.807) is 7.11 Å². The lowest BCUT2D eigenvalue weighted by molar-refractivity contribution is 0.409. The van der Waals surface area contributed by atoms with Gasteiger partial charge in [0.15, 0.2) is 0 Å². The van der Waals surface area contributed by atoms with E-state index in [2.05, 4.69) is 0 Å². The molecule has 0 amide bonds. The fourth-order valence-corrected chi connectivity index (χ4v) is 1.80. The number of ether oxygens (including phenoxy) is 1. The van der Waals surface area contributed by atoms with Gasteiger partial charge in [-0.05, 0) is 44.0 Å². The Hall–Kier alpha value is -0.730. The minimum atomic E-state index is 0.674. The summed E-state index contributed by atoms with van der Waals surface area (Å²) in [5, 5.41) is 0.773. The molecule has 78 valence electrons. The van der Waals surface area contributed by atoms with Crippen LogP contribution in [0.2, 0.25) is 5.02 Å². The molecular weight excluding hydrogens is 198 g/mol. The van der Waals surface area contributed by atoms with Gasteiger partial charge in [-0.2, -0.15) is 0 Å². The van der Waals surface area contributed by atoms with Crippen LogP contribution in [0.1, 0.15) is 17.5 Å². The van der Waals surface area contributed by atoms with Crippen LogP contribution in [0.25, 0.3) is 0 Å². The van der Waals surface area contributed by atoms with Gasteiger partial charge in [-0.1, -0.05) is 11.6 Å². The molecule has 0 atom stereocenters. The van der Waals surface area contributed by atoms with Crippen molar-refractivity contribution < 1.29 is 4.74 Å². The SMILES string of the molecule is COc1cc(C)cc(Cl)c1CCCN. The minimum Gasteiger partial charge on any atom is -0.496 e. The quantitative estimate of drug-likeness (QED) is 0.835. The Morgan fingerprint density at radius 1 is 1.43 bits per heavy atom. The van der Waals surface area contributed by atoms with E-state index < -0.39 is 0 Å². The zero-order valence-electron chi connectivity index (χ0n) is 8.64. The van der Waals surface area contributed by atoms with Crippen molar-refractivity contribution in [3.63, 3.8) is 0 Å². The van der Waals surface area contributed by atoms with Crippen LogP contribution in [0.4, 0.5) is 0 Å². The smallest absolute Gasteiger partial charge is 0.123 e. The summed E-state index contributed by atoms with van der Waals surface area (Å²) < 4.78 is 5.28. The molecule has 0 fully saturated rings. The number of methoxy groups -OCH3 is 1. The summed E-state index contributed by atoms with van der Waals surface area (Å²) in [5.74, 6) is 0.864. The summed E-state index contributed by atoms with van der Waals surface area (Å²) in [6, 6.07) is 3.95. The van der Waals surface area contributed by atoms with Crippen LogP contribution in [0.3, 0.4) is 0 Å². The lowest BCUT2D eigenvalue weighted by atomic mass is 10.1. The standard InChI is InChI=1S/C11H16ClNO/c1-8-6-10(12)9(4-3-5-13)11(7-8)14-2/h6-7H,3-5,13H2,1-2H3. The molecule has 1 aromatic rings. The summed E-state index contributed by atoms with van der Waals surface area (Å²) >= 11 is 6.13. The van der Waals surface area contributed by atoms with Crippen molar-refractivity contribution in [3.05, 3.63) is 28.3 Å². The van der Waals surface area contributed by atoms with Gasteiger partial charge in [0.25, 0.3) is 0 Å². The van der Waals surface area contributed by atoms with Crippen LogP contribution in [-0.2, 0) is 6.42 Å². The van der Waals surface area contributed by atoms with E-state index in [1.807, 2.05) is 19.1 Å². The minimum absolute atomic E-state index is 0.674. The Morgan fingerprint density at radius 2 is 2.14 bits per heavy atom. The van der Waals surface area contributed by atoms with Crippen LogP contribution < -0.4 is 10.5 Å². The Balaban J connectivity index is 2.99. The molecule has 0 aliphatic carbocycles. The number of rotatable bonds is 4. The van der Waals surface area contributed by atoms with Crippen LogP contribution in [0, 0.1) is 6.92 Å². The van der Waals surface area contributed by atoms with E-state index in [9.17, 15) is 0 Å². The fraction of sp³-hybridized carbons (Fsp3) is 0.455. The molecule has 0 bridgehead atoms. The van der Waals surface area contributed by atoms with E-state index >= 15 is 0 Å². The third-order valence-electron chi connectivity index (χ3n) is 2.15. The van der Waals surface area contributed by atoms with Gasteiger partial charge in [-0.3, -0.25) is 0 Å². The van der Waals surface area contributed by atoms with Gasteiger partial charge in [0.1, 0.15) is 5.75 Å². The lowest BCUT2D eigenvalue weighted by Gasteiger charge is -2.11. The van der Waals surface area contributed by atoms with Gasteiger partial charge in [0.2, 0.25) is 0 Å². The molecule has 0 heterocycles. The maximum atomic E-state index is 6.13. The van der Waals surface area contributed by atoms with E-state index in [1.165, 1.54) is 0 Å². The molecule has 1 aromatic carbocycles. The van der Waals surface area contributed by atoms with Gasteiger partial charge in [-0.15, -0.1) is 0 Å². The largest absolute Gasteiger partial charge is 0.496 e. The third-order valence-corrected chi connectivity index (χ3v) is 2.49. The van der Waals surface area contributed by atoms with Crippen molar-refractivity contribution in [1.82, 2.24) is 0 Å². The third kappa shape index (κ3) is 2.63. The molecule has 0 saturated heterocycles. The molecule has 0 unspecified atom stereocenters. The summed E-state index contributed by atoms with van der Waals surface area (Å²) in [4.78, 5) is 0. The number of hydrogen-bond acceptors (Lipinski definition) is 2. The average Bonchev–Trinajstić information content (AvgIpc) is 2.15. The molecule has 14 heavy (non-hydrogen) atoms. The monoisotopic (exact) mass is 213 g/mol. The van der Waals surface area contributed by atoms with Crippen molar-refractivity contribution >= 4 is 11.6 Å². The van der Waals surface area contributed by atoms with Crippen LogP contribution in [-0.4, -0.2) is 13.7 Å². The number of hydrogen-bond donors (Lipinski definition) is 1. The van der Waals surface area contributed by atoms with Gasteiger partial charge in [0, 0.05) is 10.6 Å². The van der Waals surface area contributed by atoms with E-state index in [0.29, 0.717) is 6.54 Å². The second-order valence-electron chi connectivity index (χ2n) is 3.32. The zero-order chi connectivity index (χ0) is 10.6. The van der Waals surface area contributed by atoms with Crippen LogP contribution >= 0.6 is 11.6 Å². The Kier molecular flexibility index (Phi) is 4.23. The molecule has 0 aliphatic rings. The van der Waals surface area contributed by atoms with E-state index in [4.69, 9.17) is 22.1 Å². The topological polar surface area (TPSA) is 35.2 Å². The maximum Gasteiger partial charge on any atom is 0.123 e. The first-order valence-corrected chi connectivity index (χ1v) is 5.10. The molecule has 1 rings (SSSR count). The van der Waals surface area contributed by atoms with Crippen molar-refractivity contribution in [2.24, 2.45) is 5.73 Å². The first-order valence-electron chi connectivity index (χ1n) is 4.72. The van der Waals surface area contributed by atoms with E-state index in [0.717, 1.165) is 34.7 Å². The van der Waals surface area contributed by atoms with Gasteiger partial charge in [0.05, 0.1) is 7.11 Å². The summed E-state index contributed by atoms with van der Waals surface area (Å²) in [6.07, 6.45) is 1.80. The predicted octanol–water partition coefficient (Wildman–Crippen LogP) is 2.55.